The van der Waals surface area contributed by atoms with E-state index in [0.717, 1.165) is 31.5 Å². The number of amides is 1. The van der Waals surface area contributed by atoms with Crippen LogP contribution in [-0.4, -0.2) is 34.9 Å². The van der Waals surface area contributed by atoms with E-state index in [1.165, 1.54) is 17.4 Å². The summed E-state index contributed by atoms with van der Waals surface area (Å²) in [5.74, 6) is -0.959. The summed E-state index contributed by atoms with van der Waals surface area (Å²) in [6.45, 7) is 3.22. The number of nitrogens with two attached hydrogens (primary N) is 1. The van der Waals surface area contributed by atoms with Crippen LogP contribution in [0.4, 0.5) is 8.78 Å². The van der Waals surface area contributed by atoms with Gasteiger partial charge < -0.3 is 10.6 Å². The van der Waals surface area contributed by atoms with Crippen molar-refractivity contribution < 1.29 is 13.6 Å². The molecule has 1 amide bonds. The number of thiazole rings is 1. The van der Waals surface area contributed by atoms with Crippen molar-refractivity contribution in [1.82, 2.24) is 9.88 Å². The first-order valence-corrected chi connectivity index (χ1v) is 9.23. The molecular weight excluding hydrogens is 344 g/mol. The maximum absolute atomic E-state index is 13.5. The van der Waals surface area contributed by atoms with E-state index in [-0.39, 0.29) is 11.9 Å². The molecule has 0 spiro atoms. The van der Waals surface area contributed by atoms with Crippen LogP contribution in [0.25, 0.3) is 10.6 Å². The van der Waals surface area contributed by atoms with E-state index >= 15 is 0 Å². The SMILES string of the molecule is Cc1nc(-c2ccc(F)c(F)c2)sc1C(=O)N1CC2CCC(N)C2C1. The second-order valence-corrected chi connectivity index (χ2v) is 7.94. The predicted molar refractivity (Wildman–Crippen MR) is 92.3 cm³/mol. The molecule has 1 aliphatic heterocycles. The first kappa shape index (κ1) is 16.6. The average Bonchev–Trinajstić information content (AvgIpc) is 3.26. The maximum Gasteiger partial charge on any atom is 0.265 e. The molecule has 0 bridgehead atoms. The number of hydrogen-bond acceptors (Lipinski definition) is 4. The number of halogens is 2. The van der Waals surface area contributed by atoms with Crippen molar-refractivity contribution >= 4 is 17.2 Å². The Bertz CT molecular complexity index is 838. The number of nitrogens with zero attached hydrogens (tertiary/aromatic N) is 2. The van der Waals surface area contributed by atoms with Gasteiger partial charge in [-0.05, 0) is 49.8 Å². The Labute approximate surface area is 148 Å². The third-order valence-corrected chi connectivity index (χ3v) is 6.55. The summed E-state index contributed by atoms with van der Waals surface area (Å²) in [4.78, 5) is 19.7. The number of rotatable bonds is 2. The van der Waals surface area contributed by atoms with Crippen molar-refractivity contribution in [1.29, 1.82) is 0 Å². The molecular formula is C18H19F2N3OS. The number of fused-ring (bicyclic) bond motifs is 1. The number of likely N-dealkylation sites (tertiary alicyclic amines) is 1. The van der Waals surface area contributed by atoms with Gasteiger partial charge in [-0.3, -0.25) is 4.79 Å². The highest BCUT2D eigenvalue weighted by Gasteiger charge is 2.43. The molecule has 1 aliphatic carbocycles. The van der Waals surface area contributed by atoms with Crippen LogP contribution in [0.2, 0.25) is 0 Å². The second kappa shape index (κ2) is 6.14. The highest BCUT2D eigenvalue weighted by Crippen LogP contribution is 2.38. The lowest BCUT2D eigenvalue weighted by molar-refractivity contribution is 0.0783. The zero-order valence-electron chi connectivity index (χ0n) is 13.8. The molecule has 4 rings (SSSR count). The number of hydrogen-bond donors (Lipinski definition) is 1. The molecule has 2 fully saturated rings. The lowest BCUT2D eigenvalue weighted by Crippen LogP contribution is -2.33. The highest BCUT2D eigenvalue weighted by atomic mass is 32.1. The van der Waals surface area contributed by atoms with Crippen LogP contribution in [0.3, 0.4) is 0 Å². The van der Waals surface area contributed by atoms with E-state index < -0.39 is 11.6 Å². The number of aryl methyl sites for hydroxylation is 1. The van der Waals surface area contributed by atoms with E-state index in [0.29, 0.717) is 39.5 Å². The van der Waals surface area contributed by atoms with Gasteiger partial charge in [-0.25, -0.2) is 13.8 Å². The van der Waals surface area contributed by atoms with Gasteiger partial charge in [0.1, 0.15) is 9.88 Å². The Hall–Kier alpha value is -1.86. The molecule has 7 heteroatoms. The van der Waals surface area contributed by atoms with Crippen LogP contribution < -0.4 is 5.73 Å². The minimum absolute atomic E-state index is 0.0366. The lowest BCUT2D eigenvalue weighted by atomic mass is 9.98. The van der Waals surface area contributed by atoms with Gasteiger partial charge in [0.25, 0.3) is 5.91 Å². The third kappa shape index (κ3) is 2.85. The van der Waals surface area contributed by atoms with Gasteiger partial charge in [-0.2, -0.15) is 0 Å². The normalized spacial score (nSPS) is 25.4. The van der Waals surface area contributed by atoms with Gasteiger partial charge >= 0.3 is 0 Å². The Morgan fingerprint density at radius 1 is 1.28 bits per heavy atom. The molecule has 25 heavy (non-hydrogen) atoms. The molecule has 1 aromatic carbocycles. The first-order chi connectivity index (χ1) is 11.9. The van der Waals surface area contributed by atoms with Crippen molar-refractivity contribution in [2.75, 3.05) is 13.1 Å². The molecule has 1 saturated heterocycles. The second-order valence-electron chi connectivity index (χ2n) is 6.94. The summed E-state index contributed by atoms with van der Waals surface area (Å²) in [5.41, 5.74) is 7.24. The minimum Gasteiger partial charge on any atom is -0.337 e. The lowest BCUT2D eigenvalue weighted by Gasteiger charge is -2.18. The molecule has 132 valence electrons. The van der Waals surface area contributed by atoms with Gasteiger partial charge in [0.05, 0.1) is 5.69 Å². The Morgan fingerprint density at radius 2 is 2.08 bits per heavy atom. The summed E-state index contributed by atoms with van der Waals surface area (Å²) < 4.78 is 26.6. The van der Waals surface area contributed by atoms with Crippen LogP contribution in [0, 0.1) is 30.4 Å². The fraction of sp³-hybridized carbons (Fsp3) is 0.444. The van der Waals surface area contributed by atoms with Crippen LogP contribution in [0.15, 0.2) is 18.2 Å². The van der Waals surface area contributed by atoms with Crippen molar-refractivity contribution in [2.24, 2.45) is 17.6 Å². The molecule has 0 radical (unpaired) electrons. The third-order valence-electron chi connectivity index (χ3n) is 5.36. The largest absolute Gasteiger partial charge is 0.337 e. The average molecular weight is 363 g/mol. The molecule has 3 unspecified atom stereocenters. The van der Waals surface area contributed by atoms with Gasteiger partial charge in [-0.1, -0.05) is 0 Å². The zero-order valence-corrected chi connectivity index (χ0v) is 14.7. The summed E-state index contributed by atoms with van der Waals surface area (Å²) in [6.07, 6.45) is 2.12. The minimum atomic E-state index is -0.917. The molecule has 2 N–H and O–H groups in total. The van der Waals surface area contributed by atoms with Gasteiger partial charge in [0.2, 0.25) is 0 Å². The molecule has 2 heterocycles. The van der Waals surface area contributed by atoms with Gasteiger partial charge in [0, 0.05) is 24.7 Å². The van der Waals surface area contributed by atoms with E-state index in [9.17, 15) is 13.6 Å². The fourth-order valence-corrected chi connectivity index (χ4v) is 4.99. The van der Waals surface area contributed by atoms with E-state index in [2.05, 4.69) is 4.98 Å². The molecule has 1 saturated carbocycles. The predicted octanol–water partition coefficient (Wildman–Crippen LogP) is 3.21. The topological polar surface area (TPSA) is 59.2 Å². The maximum atomic E-state index is 13.5. The van der Waals surface area contributed by atoms with E-state index in [1.807, 2.05) is 4.90 Å². The molecule has 1 aromatic heterocycles. The van der Waals surface area contributed by atoms with E-state index in [4.69, 9.17) is 5.73 Å². The van der Waals surface area contributed by atoms with Crippen LogP contribution >= 0.6 is 11.3 Å². The standard InChI is InChI=1S/C18H19F2N3OS/c1-9-16(18(24)23-7-11-3-5-15(21)12(11)8-23)25-17(22-9)10-2-4-13(19)14(20)6-10/h2,4,6,11-12,15H,3,5,7-8,21H2,1H3. The van der Waals surface area contributed by atoms with Crippen molar-refractivity contribution in [3.05, 3.63) is 40.4 Å². The van der Waals surface area contributed by atoms with Crippen LogP contribution in [0.1, 0.15) is 28.2 Å². The van der Waals surface area contributed by atoms with Gasteiger partial charge in [-0.15, -0.1) is 11.3 Å². The van der Waals surface area contributed by atoms with Crippen LogP contribution in [0.5, 0.6) is 0 Å². The monoisotopic (exact) mass is 363 g/mol. The summed E-state index contributed by atoms with van der Waals surface area (Å²) >= 11 is 1.23. The summed E-state index contributed by atoms with van der Waals surface area (Å²) in [7, 11) is 0. The van der Waals surface area contributed by atoms with Gasteiger partial charge in [0.15, 0.2) is 11.6 Å². The Morgan fingerprint density at radius 3 is 2.80 bits per heavy atom. The number of carbonyl (C=O) groups is 1. The zero-order chi connectivity index (χ0) is 17.7. The van der Waals surface area contributed by atoms with Crippen LogP contribution in [-0.2, 0) is 0 Å². The molecule has 2 aliphatic rings. The molecule has 4 nitrogen and oxygen atoms in total. The Balaban J connectivity index is 1.58. The summed E-state index contributed by atoms with van der Waals surface area (Å²) in [6, 6.07) is 3.85. The van der Waals surface area contributed by atoms with E-state index in [1.54, 1.807) is 6.92 Å². The fourth-order valence-electron chi connectivity index (χ4n) is 3.96. The first-order valence-electron chi connectivity index (χ1n) is 8.41. The number of aromatic nitrogens is 1. The highest BCUT2D eigenvalue weighted by molar-refractivity contribution is 7.17. The molecule has 3 atom stereocenters. The smallest absolute Gasteiger partial charge is 0.265 e. The van der Waals surface area contributed by atoms with Crippen molar-refractivity contribution in [3.63, 3.8) is 0 Å². The summed E-state index contributed by atoms with van der Waals surface area (Å²) in [5, 5.41) is 0.524. The van der Waals surface area contributed by atoms with Crippen molar-refractivity contribution in [3.8, 4) is 10.6 Å². The molecule has 2 aromatic rings. The number of carbonyl (C=O) groups excluding carboxylic acids is 1. The Kier molecular flexibility index (Phi) is 4.08. The van der Waals surface area contributed by atoms with Crippen molar-refractivity contribution in [2.45, 2.75) is 25.8 Å². The quantitative estimate of drug-likeness (QED) is 0.891. The number of benzene rings is 1.